The van der Waals surface area contributed by atoms with Crippen molar-refractivity contribution in [2.75, 3.05) is 0 Å². The van der Waals surface area contributed by atoms with E-state index >= 15 is 0 Å². The van der Waals surface area contributed by atoms with Crippen LogP contribution in [-0.2, 0) is 10.0 Å². The number of nitrogens with two attached hydrogens (primary N) is 1. The maximum Gasteiger partial charge on any atom is 0.220 e. The summed E-state index contributed by atoms with van der Waals surface area (Å²) in [6.07, 6.45) is 2.96. The van der Waals surface area contributed by atoms with Crippen molar-refractivity contribution in [3.8, 4) is 0 Å². The predicted octanol–water partition coefficient (Wildman–Crippen LogP) is 1.80. The number of thiocarbonyl (C=S) groups is 1. The molecule has 0 rings (SSSR count). The van der Waals surface area contributed by atoms with Gasteiger partial charge < -0.3 is 5.73 Å². The van der Waals surface area contributed by atoms with Crippen LogP contribution in [0.3, 0.4) is 0 Å². The Kier molecular flexibility index (Phi) is 7.20. The van der Waals surface area contributed by atoms with E-state index in [2.05, 4.69) is 18.6 Å². The van der Waals surface area contributed by atoms with Gasteiger partial charge in [-0.2, -0.15) is 0 Å². The summed E-state index contributed by atoms with van der Waals surface area (Å²) < 4.78 is 26.2. The topological polar surface area (TPSA) is 72.2 Å². The number of nitrogens with one attached hydrogen (secondary N) is 1. The smallest absolute Gasteiger partial charge is 0.220 e. The lowest BCUT2D eigenvalue weighted by Gasteiger charge is -2.18. The Morgan fingerprint density at radius 2 is 1.76 bits per heavy atom. The van der Waals surface area contributed by atoms with E-state index in [9.17, 15) is 8.42 Å². The Morgan fingerprint density at radius 1 is 1.24 bits per heavy atom. The average molecular weight is 280 g/mol. The van der Waals surface area contributed by atoms with E-state index in [1.807, 2.05) is 6.92 Å². The van der Waals surface area contributed by atoms with E-state index in [0.29, 0.717) is 5.92 Å². The summed E-state index contributed by atoms with van der Waals surface area (Å²) >= 11 is 4.70. The van der Waals surface area contributed by atoms with Gasteiger partial charge >= 0.3 is 0 Å². The molecular weight excluding hydrogens is 256 g/mol. The van der Waals surface area contributed by atoms with Crippen LogP contribution in [0.2, 0.25) is 0 Å². The quantitative estimate of drug-likeness (QED) is 0.665. The third kappa shape index (κ3) is 6.95. The fourth-order valence-corrected chi connectivity index (χ4v) is 3.00. The van der Waals surface area contributed by atoms with Crippen LogP contribution in [0, 0.1) is 5.92 Å². The zero-order valence-electron chi connectivity index (χ0n) is 11.1. The fourth-order valence-electron chi connectivity index (χ4n) is 1.43. The van der Waals surface area contributed by atoms with Gasteiger partial charge in [0.05, 0.1) is 4.99 Å². The second kappa shape index (κ2) is 7.28. The van der Waals surface area contributed by atoms with Crippen molar-refractivity contribution in [2.45, 2.75) is 58.2 Å². The van der Waals surface area contributed by atoms with Gasteiger partial charge in [0.2, 0.25) is 10.0 Å². The Hall–Kier alpha value is -0.200. The SMILES string of the molecule is CC(C)CCCC(C)NS(=O)(=O)C(C)C(N)=S. The van der Waals surface area contributed by atoms with Gasteiger partial charge in [-0.05, 0) is 26.2 Å². The van der Waals surface area contributed by atoms with Crippen molar-refractivity contribution >= 4 is 27.2 Å². The molecule has 0 saturated heterocycles. The minimum Gasteiger partial charge on any atom is -0.392 e. The molecule has 4 nitrogen and oxygen atoms in total. The first kappa shape index (κ1) is 16.8. The molecule has 0 aromatic carbocycles. The summed E-state index contributed by atoms with van der Waals surface area (Å²) in [4.78, 5) is 0.00637. The Morgan fingerprint density at radius 3 is 2.18 bits per heavy atom. The van der Waals surface area contributed by atoms with Crippen molar-refractivity contribution in [1.29, 1.82) is 0 Å². The molecule has 0 fully saturated rings. The van der Waals surface area contributed by atoms with Gasteiger partial charge in [0, 0.05) is 6.04 Å². The van der Waals surface area contributed by atoms with E-state index in [-0.39, 0.29) is 11.0 Å². The molecule has 0 radical (unpaired) electrons. The van der Waals surface area contributed by atoms with Gasteiger partial charge in [0.15, 0.2) is 0 Å². The minimum atomic E-state index is -3.43. The van der Waals surface area contributed by atoms with Gasteiger partial charge in [-0.15, -0.1) is 0 Å². The van der Waals surface area contributed by atoms with Crippen molar-refractivity contribution in [2.24, 2.45) is 11.7 Å². The lowest BCUT2D eigenvalue weighted by Crippen LogP contribution is -2.43. The molecular formula is C11H24N2O2S2. The molecule has 2 unspecified atom stereocenters. The molecule has 0 aromatic heterocycles. The van der Waals surface area contributed by atoms with Crippen LogP contribution in [0.1, 0.15) is 47.0 Å². The number of hydrogen-bond donors (Lipinski definition) is 2. The molecule has 102 valence electrons. The largest absolute Gasteiger partial charge is 0.392 e. The second-order valence-electron chi connectivity index (χ2n) is 4.93. The van der Waals surface area contributed by atoms with Crippen molar-refractivity contribution in [1.82, 2.24) is 4.72 Å². The van der Waals surface area contributed by atoms with Crippen LogP contribution in [0.15, 0.2) is 0 Å². The second-order valence-corrected chi connectivity index (χ2v) is 7.44. The minimum absolute atomic E-state index is 0.00637. The standard InChI is InChI=1S/C11H24N2O2S2/c1-8(2)6-5-7-9(3)13-17(14,15)10(4)11(12)16/h8-10,13H,5-7H2,1-4H3,(H2,12,16). The molecule has 0 bridgehead atoms. The van der Waals surface area contributed by atoms with Crippen LogP contribution in [0.5, 0.6) is 0 Å². The molecule has 0 heterocycles. The highest BCUT2D eigenvalue weighted by molar-refractivity contribution is 7.93. The average Bonchev–Trinajstić information content (AvgIpc) is 2.14. The van der Waals surface area contributed by atoms with Crippen LogP contribution in [0.25, 0.3) is 0 Å². The molecule has 0 spiro atoms. The van der Waals surface area contributed by atoms with Crippen molar-refractivity contribution in [3.63, 3.8) is 0 Å². The van der Waals surface area contributed by atoms with Gasteiger partial charge in [-0.25, -0.2) is 13.1 Å². The molecule has 17 heavy (non-hydrogen) atoms. The fraction of sp³-hybridized carbons (Fsp3) is 0.909. The molecule has 0 aliphatic rings. The summed E-state index contributed by atoms with van der Waals surface area (Å²) in [5.74, 6) is 0.648. The molecule has 0 aliphatic heterocycles. The summed E-state index contributed by atoms with van der Waals surface area (Å²) in [6.45, 7) is 7.68. The lowest BCUT2D eigenvalue weighted by molar-refractivity contribution is 0.487. The monoisotopic (exact) mass is 280 g/mol. The van der Waals surface area contributed by atoms with Crippen LogP contribution >= 0.6 is 12.2 Å². The number of rotatable bonds is 8. The Bertz CT molecular complexity index is 339. The highest BCUT2D eigenvalue weighted by atomic mass is 32.2. The van der Waals surface area contributed by atoms with E-state index < -0.39 is 15.3 Å². The summed E-state index contributed by atoms with van der Waals surface area (Å²) in [7, 11) is -3.43. The normalized spacial score (nSPS) is 15.8. The van der Waals surface area contributed by atoms with Gasteiger partial charge in [0.25, 0.3) is 0 Å². The van der Waals surface area contributed by atoms with Gasteiger partial charge in [-0.3, -0.25) is 0 Å². The van der Waals surface area contributed by atoms with E-state index in [4.69, 9.17) is 18.0 Å². The summed E-state index contributed by atoms with van der Waals surface area (Å²) in [5, 5.41) is -0.815. The summed E-state index contributed by atoms with van der Waals surface area (Å²) in [6, 6.07) is -0.0736. The first-order chi connectivity index (χ1) is 7.66. The Balaban J connectivity index is 4.19. The van der Waals surface area contributed by atoms with Crippen LogP contribution in [-0.4, -0.2) is 24.7 Å². The zero-order valence-corrected chi connectivity index (χ0v) is 12.7. The van der Waals surface area contributed by atoms with E-state index in [1.54, 1.807) is 0 Å². The van der Waals surface area contributed by atoms with Crippen molar-refractivity contribution < 1.29 is 8.42 Å². The Labute approximate surface area is 110 Å². The first-order valence-corrected chi connectivity index (χ1v) is 7.92. The first-order valence-electron chi connectivity index (χ1n) is 5.97. The van der Waals surface area contributed by atoms with Gasteiger partial charge in [-0.1, -0.05) is 38.9 Å². The maximum atomic E-state index is 11.8. The van der Waals surface area contributed by atoms with E-state index in [0.717, 1.165) is 19.3 Å². The van der Waals surface area contributed by atoms with Crippen LogP contribution < -0.4 is 10.5 Å². The van der Waals surface area contributed by atoms with Crippen LogP contribution in [0.4, 0.5) is 0 Å². The number of hydrogen-bond acceptors (Lipinski definition) is 3. The number of sulfonamides is 1. The molecule has 0 saturated carbocycles. The van der Waals surface area contributed by atoms with E-state index in [1.165, 1.54) is 6.92 Å². The molecule has 3 N–H and O–H groups in total. The molecule has 6 heteroatoms. The maximum absolute atomic E-state index is 11.8. The lowest BCUT2D eigenvalue weighted by atomic mass is 10.0. The van der Waals surface area contributed by atoms with Crippen molar-refractivity contribution in [3.05, 3.63) is 0 Å². The molecule has 0 amide bonds. The molecule has 2 atom stereocenters. The molecule has 0 aliphatic carbocycles. The van der Waals surface area contributed by atoms with Gasteiger partial charge in [0.1, 0.15) is 5.25 Å². The predicted molar refractivity (Wildman–Crippen MR) is 76.5 cm³/mol. The third-order valence-electron chi connectivity index (χ3n) is 2.65. The zero-order chi connectivity index (χ0) is 13.6. The molecule has 0 aromatic rings. The summed E-state index contributed by atoms with van der Waals surface area (Å²) in [5.41, 5.74) is 5.35. The third-order valence-corrected chi connectivity index (χ3v) is 5.07. The highest BCUT2D eigenvalue weighted by Gasteiger charge is 2.24. The highest BCUT2D eigenvalue weighted by Crippen LogP contribution is 2.10.